The summed E-state index contributed by atoms with van der Waals surface area (Å²) in [6.45, 7) is 2.07. The summed E-state index contributed by atoms with van der Waals surface area (Å²) in [4.78, 5) is 28.5. The molecular formula is C25H28N4O2S. The number of carbonyl (C=O) groups is 2. The number of rotatable bonds is 6. The number of anilines is 1. The third kappa shape index (κ3) is 4.89. The van der Waals surface area contributed by atoms with Crippen molar-refractivity contribution < 1.29 is 9.59 Å². The molecular weight excluding hydrogens is 420 g/mol. The van der Waals surface area contributed by atoms with E-state index in [1.165, 1.54) is 22.9 Å². The molecule has 7 heteroatoms. The molecule has 0 fully saturated rings. The summed E-state index contributed by atoms with van der Waals surface area (Å²) in [5.41, 5.74) is 4.45. The van der Waals surface area contributed by atoms with Crippen LogP contribution < -0.4 is 10.6 Å². The second-order valence-corrected chi connectivity index (χ2v) is 8.76. The van der Waals surface area contributed by atoms with Gasteiger partial charge in [-0.1, -0.05) is 36.4 Å². The van der Waals surface area contributed by atoms with Gasteiger partial charge in [0.05, 0.1) is 11.7 Å². The first-order valence-corrected chi connectivity index (χ1v) is 11.9. The van der Waals surface area contributed by atoms with Crippen molar-refractivity contribution in [2.45, 2.75) is 23.9 Å². The fourth-order valence-electron chi connectivity index (χ4n) is 4.22. The monoisotopic (exact) mass is 448 g/mol. The maximum absolute atomic E-state index is 12.6. The number of nitrogens with one attached hydrogen (secondary N) is 2. The zero-order valence-electron chi connectivity index (χ0n) is 18.4. The lowest BCUT2D eigenvalue weighted by atomic mass is 9.98. The molecule has 0 saturated heterocycles. The van der Waals surface area contributed by atoms with E-state index >= 15 is 0 Å². The van der Waals surface area contributed by atoms with Crippen LogP contribution in [0.4, 0.5) is 5.69 Å². The van der Waals surface area contributed by atoms with Crippen molar-refractivity contribution in [1.29, 1.82) is 0 Å². The first kappa shape index (κ1) is 22.2. The molecule has 1 atom stereocenters. The average Bonchev–Trinajstić information content (AvgIpc) is 3.24. The molecule has 1 aliphatic heterocycles. The summed E-state index contributed by atoms with van der Waals surface area (Å²) in [6, 6.07) is 20.0. The van der Waals surface area contributed by atoms with Crippen molar-refractivity contribution in [3.63, 3.8) is 0 Å². The van der Waals surface area contributed by atoms with Gasteiger partial charge in [0, 0.05) is 43.5 Å². The van der Waals surface area contributed by atoms with Gasteiger partial charge in [-0.15, -0.1) is 11.8 Å². The standard InChI is InChI=1S/C25H28N4O2S/c1-28-14-7-11-21(28)22(29-15-13-18-8-3-4-9-19(18)17-29)16-26-24(30)25(31)27-20-10-5-6-12-23(20)32-2/h3-12,14,22H,13,15-17H2,1-2H3,(H,26,30)(H,27,31). The van der Waals surface area contributed by atoms with Gasteiger partial charge in [-0.2, -0.15) is 0 Å². The van der Waals surface area contributed by atoms with Gasteiger partial charge in [-0.3, -0.25) is 14.5 Å². The maximum Gasteiger partial charge on any atom is 0.313 e. The highest BCUT2D eigenvalue weighted by Gasteiger charge is 2.27. The molecule has 2 N–H and O–H groups in total. The molecule has 6 nitrogen and oxygen atoms in total. The normalized spacial score (nSPS) is 14.4. The van der Waals surface area contributed by atoms with Gasteiger partial charge in [-0.05, 0) is 48.1 Å². The van der Waals surface area contributed by atoms with Crippen LogP contribution in [0.2, 0.25) is 0 Å². The minimum atomic E-state index is -0.652. The van der Waals surface area contributed by atoms with Crippen LogP contribution in [-0.4, -0.2) is 40.6 Å². The van der Waals surface area contributed by atoms with Gasteiger partial charge in [0.1, 0.15) is 0 Å². The molecule has 1 aromatic heterocycles. The van der Waals surface area contributed by atoms with Gasteiger partial charge < -0.3 is 15.2 Å². The van der Waals surface area contributed by atoms with E-state index in [1.807, 2.05) is 43.8 Å². The molecule has 0 saturated carbocycles. The Bertz CT molecular complexity index is 1110. The van der Waals surface area contributed by atoms with Crippen molar-refractivity contribution in [2.75, 3.05) is 24.7 Å². The fourth-order valence-corrected chi connectivity index (χ4v) is 4.78. The zero-order chi connectivity index (χ0) is 22.5. The molecule has 0 radical (unpaired) electrons. The number of fused-ring (bicyclic) bond motifs is 1. The Morgan fingerprint density at radius 2 is 1.75 bits per heavy atom. The quantitative estimate of drug-likeness (QED) is 0.447. The van der Waals surface area contributed by atoms with Gasteiger partial charge in [0.2, 0.25) is 0 Å². The number of aryl methyl sites for hydroxylation is 1. The highest BCUT2D eigenvalue weighted by Crippen LogP contribution is 2.28. The molecule has 0 spiro atoms. The Kier molecular flexibility index (Phi) is 6.97. The number of para-hydroxylation sites is 1. The predicted octanol–water partition coefficient (Wildman–Crippen LogP) is 3.60. The van der Waals surface area contributed by atoms with E-state index in [1.54, 1.807) is 6.07 Å². The molecule has 2 aromatic carbocycles. The molecule has 3 aromatic rings. The smallest absolute Gasteiger partial charge is 0.313 e. The molecule has 1 aliphatic rings. The zero-order valence-corrected chi connectivity index (χ0v) is 19.2. The first-order valence-electron chi connectivity index (χ1n) is 10.7. The number of benzene rings is 2. The number of carbonyl (C=O) groups excluding carboxylic acids is 2. The second-order valence-electron chi connectivity index (χ2n) is 7.91. The average molecular weight is 449 g/mol. The van der Waals surface area contributed by atoms with E-state index in [0.29, 0.717) is 12.2 Å². The van der Waals surface area contributed by atoms with Crippen LogP contribution in [0, 0.1) is 0 Å². The van der Waals surface area contributed by atoms with Gasteiger partial charge in [-0.25, -0.2) is 0 Å². The van der Waals surface area contributed by atoms with Crippen molar-refractivity contribution in [3.8, 4) is 0 Å². The molecule has 0 aliphatic carbocycles. The predicted molar refractivity (Wildman–Crippen MR) is 129 cm³/mol. The molecule has 2 heterocycles. The lowest BCUT2D eigenvalue weighted by molar-refractivity contribution is -0.136. The number of thioether (sulfide) groups is 1. The Labute approximate surface area is 193 Å². The molecule has 2 amide bonds. The van der Waals surface area contributed by atoms with E-state index in [2.05, 4.69) is 50.4 Å². The van der Waals surface area contributed by atoms with E-state index < -0.39 is 11.8 Å². The lowest BCUT2D eigenvalue weighted by Crippen LogP contribution is -2.44. The second kappa shape index (κ2) is 10.1. The van der Waals surface area contributed by atoms with E-state index in [4.69, 9.17) is 0 Å². The van der Waals surface area contributed by atoms with Crippen molar-refractivity contribution >= 4 is 29.3 Å². The molecule has 4 rings (SSSR count). The van der Waals surface area contributed by atoms with Crippen LogP contribution in [0.5, 0.6) is 0 Å². The molecule has 32 heavy (non-hydrogen) atoms. The van der Waals surface area contributed by atoms with E-state index in [9.17, 15) is 9.59 Å². The SMILES string of the molecule is CSc1ccccc1NC(=O)C(=O)NCC(c1cccn1C)N1CCc2ccccc2C1. The minimum Gasteiger partial charge on any atom is -0.353 e. The number of aromatic nitrogens is 1. The summed E-state index contributed by atoms with van der Waals surface area (Å²) in [7, 11) is 2.01. The van der Waals surface area contributed by atoms with Gasteiger partial charge in [0.25, 0.3) is 0 Å². The van der Waals surface area contributed by atoms with E-state index in [0.717, 1.165) is 30.1 Å². The fraction of sp³-hybridized carbons (Fsp3) is 0.280. The highest BCUT2D eigenvalue weighted by molar-refractivity contribution is 7.98. The maximum atomic E-state index is 12.6. The Morgan fingerprint density at radius 3 is 2.50 bits per heavy atom. The van der Waals surface area contributed by atoms with Crippen molar-refractivity contribution in [2.24, 2.45) is 7.05 Å². The van der Waals surface area contributed by atoms with Crippen LogP contribution in [0.3, 0.4) is 0 Å². The van der Waals surface area contributed by atoms with Crippen molar-refractivity contribution in [3.05, 3.63) is 83.7 Å². The van der Waals surface area contributed by atoms with E-state index in [-0.39, 0.29) is 6.04 Å². The minimum absolute atomic E-state index is 0.0291. The van der Waals surface area contributed by atoms with Crippen LogP contribution in [0.25, 0.3) is 0 Å². The third-order valence-electron chi connectivity index (χ3n) is 5.94. The Hall–Kier alpha value is -3.03. The van der Waals surface area contributed by atoms with Crippen LogP contribution in [0.15, 0.2) is 71.8 Å². The topological polar surface area (TPSA) is 66.4 Å². The number of hydrogen-bond donors (Lipinski definition) is 2. The molecule has 0 bridgehead atoms. The number of hydrogen-bond acceptors (Lipinski definition) is 4. The number of amides is 2. The Morgan fingerprint density at radius 1 is 1.00 bits per heavy atom. The lowest BCUT2D eigenvalue weighted by Gasteiger charge is -2.36. The summed E-state index contributed by atoms with van der Waals surface area (Å²) >= 11 is 1.52. The summed E-state index contributed by atoms with van der Waals surface area (Å²) in [5, 5.41) is 5.60. The van der Waals surface area contributed by atoms with Crippen molar-refractivity contribution in [1.82, 2.24) is 14.8 Å². The largest absolute Gasteiger partial charge is 0.353 e. The molecule has 166 valence electrons. The summed E-state index contributed by atoms with van der Waals surface area (Å²) < 4.78 is 2.08. The summed E-state index contributed by atoms with van der Waals surface area (Å²) in [5.74, 6) is -1.28. The van der Waals surface area contributed by atoms with Gasteiger partial charge in [0.15, 0.2) is 0 Å². The van der Waals surface area contributed by atoms with Crippen LogP contribution in [0.1, 0.15) is 22.9 Å². The molecule has 1 unspecified atom stereocenters. The first-order chi connectivity index (χ1) is 15.6. The Balaban J connectivity index is 1.46. The summed E-state index contributed by atoms with van der Waals surface area (Å²) in [6.07, 6.45) is 4.91. The van der Waals surface area contributed by atoms with Crippen LogP contribution in [-0.2, 0) is 29.6 Å². The van der Waals surface area contributed by atoms with Crippen LogP contribution >= 0.6 is 11.8 Å². The highest BCUT2D eigenvalue weighted by atomic mass is 32.2. The third-order valence-corrected chi connectivity index (χ3v) is 6.74. The van der Waals surface area contributed by atoms with Gasteiger partial charge >= 0.3 is 11.8 Å². The number of nitrogens with zero attached hydrogens (tertiary/aromatic N) is 2.